The minimum Gasteiger partial charge on any atom is -0.468 e. The van der Waals surface area contributed by atoms with E-state index in [4.69, 9.17) is 9.47 Å². The van der Waals surface area contributed by atoms with Crippen molar-refractivity contribution < 1.29 is 27.4 Å². The minimum absolute atomic E-state index is 0.0693. The molecule has 2 unspecified atom stereocenters. The third kappa shape index (κ3) is 2.81. The molecule has 2 atom stereocenters. The van der Waals surface area contributed by atoms with Gasteiger partial charge in [0.15, 0.2) is 21.3 Å². The zero-order valence-corrected chi connectivity index (χ0v) is 12.2. The van der Waals surface area contributed by atoms with Crippen molar-refractivity contribution in [2.75, 3.05) is 25.4 Å². The highest BCUT2D eigenvalue weighted by atomic mass is 32.2. The Bertz CT molecular complexity index is 671. The molecule has 0 aromatic heterocycles. The van der Waals surface area contributed by atoms with E-state index < -0.39 is 27.9 Å². The average Bonchev–Trinajstić information content (AvgIpc) is 2.92. The Kier molecular flexibility index (Phi) is 3.50. The second kappa shape index (κ2) is 5.19. The number of fused-ring (bicyclic) bond motifs is 1. The molecule has 7 nitrogen and oxygen atoms in total. The first-order valence-corrected chi connectivity index (χ1v) is 8.24. The maximum Gasteiger partial charge on any atom is 0.323 e. The number of carbonyl (C=O) groups excluding carboxylic acids is 1. The normalized spacial score (nSPS) is 26.3. The maximum absolute atomic E-state index is 12.0. The molecule has 0 bridgehead atoms. The van der Waals surface area contributed by atoms with E-state index in [9.17, 15) is 13.2 Å². The number of esters is 1. The molecular weight excluding hydrogens is 298 g/mol. The molecule has 3 rings (SSSR count). The number of benzene rings is 1. The van der Waals surface area contributed by atoms with Crippen LogP contribution in [0.2, 0.25) is 0 Å². The van der Waals surface area contributed by atoms with Crippen LogP contribution in [0.25, 0.3) is 0 Å². The zero-order valence-electron chi connectivity index (χ0n) is 11.4. The highest BCUT2D eigenvalue weighted by Gasteiger charge is 2.36. The third-order valence-corrected chi connectivity index (χ3v) is 5.21. The number of hydrogen-bond donors (Lipinski definition) is 1. The lowest BCUT2D eigenvalue weighted by molar-refractivity contribution is -0.142. The number of carbonyl (C=O) groups is 1. The van der Waals surface area contributed by atoms with Gasteiger partial charge in [-0.05, 0) is 17.7 Å². The van der Waals surface area contributed by atoms with Crippen LogP contribution in [-0.2, 0) is 19.4 Å². The first-order chi connectivity index (χ1) is 9.98. The fourth-order valence-corrected chi connectivity index (χ4v) is 4.19. The summed E-state index contributed by atoms with van der Waals surface area (Å²) in [5, 5.41) is 3.02. The Morgan fingerprint density at radius 2 is 2.05 bits per heavy atom. The summed E-state index contributed by atoms with van der Waals surface area (Å²) in [5.74, 6) is 0.304. The quantitative estimate of drug-likeness (QED) is 0.769. The minimum atomic E-state index is -3.33. The van der Waals surface area contributed by atoms with Gasteiger partial charge in [-0.1, -0.05) is 6.07 Å². The summed E-state index contributed by atoms with van der Waals surface area (Å²) in [7, 11) is -2.10. The molecule has 0 aliphatic carbocycles. The smallest absolute Gasteiger partial charge is 0.323 e. The van der Waals surface area contributed by atoms with Gasteiger partial charge in [0.25, 0.3) is 0 Å². The lowest BCUT2D eigenvalue weighted by Gasteiger charge is -2.29. The predicted molar refractivity (Wildman–Crippen MR) is 72.9 cm³/mol. The van der Waals surface area contributed by atoms with Gasteiger partial charge in [-0.3, -0.25) is 10.1 Å². The first-order valence-electron chi connectivity index (χ1n) is 6.42. The number of methoxy groups -OCH3 is 1. The number of sulfone groups is 1. The van der Waals surface area contributed by atoms with E-state index in [1.54, 1.807) is 18.2 Å². The van der Waals surface area contributed by atoms with E-state index in [1.807, 2.05) is 0 Å². The number of hydrogen-bond acceptors (Lipinski definition) is 7. The summed E-state index contributed by atoms with van der Waals surface area (Å²) in [6, 6.07) is 3.88. The molecule has 2 heterocycles. The number of rotatable bonds is 2. The van der Waals surface area contributed by atoms with Crippen LogP contribution in [0, 0.1) is 0 Å². The molecule has 1 N–H and O–H groups in total. The van der Waals surface area contributed by atoms with Gasteiger partial charge in [0.05, 0.1) is 18.6 Å². The Hall–Kier alpha value is -1.80. The molecule has 8 heteroatoms. The van der Waals surface area contributed by atoms with Crippen molar-refractivity contribution >= 4 is 15.8 Å². The second-order valence-corrected chi connectivity index (χ2v) is 7.14. The Labute approximate surface area is 122 Å². The van der Waals surface area contributed by atoms with Gasteiger partial charge < -0.3 is 14.2 Å². The van der Waals surface area contributed by atoms with Crippen LogP contribution in [0.4, 0.5) is 0 Å². The zero-order chi connectivity index (χ0) is 15.0. The molecular formula is C13H15NO6S. The molecule has 0 saturated carbocycles. The van der Waals surface area contributed by atoms with E-state index in [1.165, 1.54) is 7.11 Å². The standard InChI is InChI=1S/C13H15NO6S/c1-18-13(15)10-6-21(16,17)5-9(14-10)8-2-3-11-12(4-8)20-7-19-11/h2-4,9-10,14H,5-7H2,1H3. The van der Waals surface area contributed by atoms with Crippen molar-refractivity contribution in [3.05, 3.63) is 23.8 Å². The average molecular weight is 313 g/mol. The summed E-state index contributed by atoms with van der Waals surface area (Å²) in [6.45, 7) is 0.153. The summed E-state index contributed by atoms with van der Waals surface area (Å²) in [4.78, 5) is 11.6. The van der Waals surface area contributed by atoms with Crippen molar-refractivity contribution in [3.8, 4) is 11.5 Å². The molecule has 1 aromatic rings. The summed E-state index contributed by atoms with van der Waals surface area (Å²) >= 11 is 0. The van der Waals surface area contributed by atoms with Crippen molar-refractivity contribution in [3.63, 3.8) is 0 Å². The van der Waals surface area contributed by atoms with Gasteiger partial charge in [0.2, 0.25) is 6.79 Å². The SMILES string of the molecule is COC(=O)C1CS(=O)(=O)CC(c2ccc3c(c2)OCO3)N1. The van der Waals surface area contributed by atoms with Crippen molar-refractivity contribution in [2.24, 2.45) is 0 Å². The molecule has 1 fully saturated rings. The van der Waals surface area contributed by atoms with Crippen molar-refractivity contribution in [2.45, 2.75) is 12.1 Å². The Morgan fingerprint density at radius 1 is 1.29 bits per heavy atom. The predicted octanol–water partition coefficient (Wildman–Crippen LogP) is 0.0160. The van der Waals surface area contributed by atoms with Crippen LogP contribution in [0.5, 0.6) is 11.5 Å². The molecule has 1 aromatic carbocycles. The monoisotopic (exact) mass is 313 g/mol. The molecule has 21 heavy (non-hydrogen) atoms. The van der Waals surface area contributed by atoms with Gasteiger partial charge in [-0.15, -0.1) is 0 Å². The van der Waals surface area contributed by atoms with Gasteiger partial charge in [0, 0.05) is 6.04 Å². The highest BCUT2D eigenvalue weighted by molar-refractivity contribution is 7.91. The van der Waals surface area contributed by atoms with Crippen LogP contribution in [0.1, 0.15) is 11.6 Å². The maximum atomic E-state index is 12.0. The summed E-state index contributed by atoms with van der Waals surface area (Å²) in [5.41, 5.74) is 0.733. The fraction of sp³-hybridized carbons (Fsp3) is 0.462. The topological polar surface area (TPSA) is 90.9 Å². The largest absolute Gasteiger partial charge is 0.468 e. The van der Waals surface area contributed by atoms with E-state index in [-0.39, 0.29) is 18.3 Å². The highest BCUT2D eigenvalue weighted by Crippen LogP contribution is 2.35. The number of ether oxygens (including phenoxy) is 3. The molecule has 0 amide bonds. The molecule has 114 valence electrons. The van der Waals surface area contributed by atoms with Crippen LogP contribution in [-0.4, -0.2) is 45.8 Å². The summed E-state index contributed by atoms with van der Waals surface area (Å²) in [6.07, 6.45) is 0. The van der Waals surface area contributed by atoms with Gasteiger partial charge in [-0.25, -0.2) is 8.42 Å². The molecule has 1 saturated heterocycles. The van der Waals surface area contributed by atoms with E-state index in [0.717, 1.165) is 5.56 Å². The number of nitrogens with one attached hydrogen (secondary N) is 1. The van der Waals surface area contributed by atoms with Crippen LogP contribution in [0.15, 0.2) is 18.2 Å². The lowest BCUT2D eigenvalue weighted by atomic mass is 10.1. The van der Waals surface area contributed by atoms with E-state index in [2.05, 4.69) is 10.1 Å². The molecule has 2 aliphatic heterocycles. The van der Waals surface area contributed by atoms with Crippen LogP contribution < -0.4 is 14.8 Å². The molecule has 0 radical (unpaired) electrons. The Morgan fingerprint density at radius 3 is 2.81 bits per heavy atom. The van der Waals surface area contributed by atoms with Crippen LogP contribution in [0.3, 0.4) is 0 Å². The lowest BCUT2D eigenvalue weighted by Crippen LogP contribution is -2.51. The van der Waals surface area contributed by atoms with Crippen LogP contribution >= 0.6 is 0 Å². The van der Waals surface area contributed by atoms with Gasteiger partial charge >= 0.3 is 5.97 Å². The summed E-state index contributed by atoms with van der Waals surface area (Å²) < 4.78 is 39.1. The van der Waals surface area contributed by atoms with Gasteiger partial charge in [0.1, 0.15) is 6.04 Å². The third-order valence-electron chi connectivity index (χ3n) is 3.53. The second-order valence-electron chi connectivity index (χ2n) is 4.98. The van der Waals surface area contributed by atoms with E-state index in [0.29, 0.717) is 11.5 Å². The fourth-order valence-electron chi connectivity index (χ4n) is 2.52. The van der Waals surface area contributed by atoms with E-state index >= 15 is 0 Å². The van der Waals surface area contributed by atoms with Gasteiger partial charge in [-0.2, -0.15) is 0 Å². The molecule has 2 aliphatic rings. The van der Waals surface area contributed by atoms with Crippen molar-refractivity contribution in [1.82, 2.24) is 5.32 Å². The first kappa shape index (κ1) is 14.2. The Balaban J connectivity index is 1.88. The van der Waals surface area contributed by atoms with Crippen molar-refractivity contribution in [1.29, 1.82) is 0 Å². The molecule has 0 spiro atoms.